The van der Waals surface area contributed by atoms with Crippen LogP contribution in [0.5, 0.6) is 0 Å². The van der Waals surface area contributed by atoms with Gasteiger partial charge in [-0.25, -0.2) is 14.6 Å². The van der Waals surface area contributed by atoms with Gasteiger partial charge in [0, 0.05) is 27.1 Å². The Balaban J connectivity index is 2.17. The number of nitrogens with one attached hydrogen (secondary N) is 1. The smallest absolute Gasteiger partial charge is 0.332 e. The van der Waals surface area contributed by atoms with E-state index in [1.165, 1.54) is 29.6 Å². The molecule has 2 heterocycles. The molecule has 0 fully saturated rings. The molecule has 1 unspecified atom stereocenters. The van der Waals surface area contributed by atoms with Crippen molar-refractivity contribution in [3.63, 3.8) is 0 Å². The number of rotatable bonds is 7. The monoisotopic (exact) mass is 365 g/mol. The van der Waals surface area contributed by atoms with Gasteiger partial charge in [0.15, 0.2) is 11.2 Å². The second-order valence-corrected chi connectivity index (χ2v) is 6.65. The Hall–Kier alpha value is -2.91. The van der Waals surface area contributed by atoms with Crippen molar-refractivity contribution in [2.45, 2.75) is 39.3 Å². The van der Waals surface area contributed by atoms with Crippen molar-refractivity contribution in [2.24, 2.45) is 20.0 Å². The second-order valence-electron chi connectivity index (χ2n) is 6.65. The SMILES string of the molecule is CC(C)CC(NC(=O)CCn1cnc2c1c(=O)n(C)c(=O)n2C)C(=O)O. The number of hydrogen-bond donors (Lipinski definition) is 2. The Morgan fingerprint density at radius 3 is 2.46 bits per heavy atom. The van der Waals surface area contributed by atoms with E-state index < -0.39 is 29.2 Å². The minimum absolute atomic E-state index is 0.0146. The third kappa shape index (κ3) is 3.84. The molecule has 10 nitrogen and oxygen atoms in total. The molecular formula is C16H23N5O5. The summed E-state index contributed by atoms with van der Waals surface area (Å²) >= 11 is 0. The average molecular weight is 365 g/mol. The lowest BCUT2D eigenvalue weighted by Crippen LogP contribution is -2.42. The minimum Gasteiger partial charge on any atom is -0.480 e. The van der Waals surface area contributed by atoms with Crippen LogP contribution in [0, 0.1) is 5.92 Å². The summed E-state index contributed by atoms with van der Waals surface area (Å²) in [6.07, 6.45) is 1.71. The van der Waals surface area contributed by atoms with Gasteiger partial charge in [0.2, 0.25) is 5.91 Å². The van der Waals surface area contributed by atoms with Crippen molar-refractivity contribution in [3.8, 4) is 0 Å². The fourth-order valence-electron chi connectivity index (χ4n) is 2.75. The molecule has 0 aliphatic heterocycles. The number of aliphatic carboxylic acids is 1. The van der Waals surface area contributed by atoms with Crippen LogP contribution in [-0.2, 0) is 30.2 Å². The third-order valence-corrected chi connectivity index (χ3v) is 4.14. The number of nitrogens with zero attached hydrogens (tertiary/aromatic N) is 4. The quantitative estimate of drug-likeness (QED) is 0.677. The van der Waals surface area contributed by atoms with Crippen LogP contribution in [0.4, 0.5) is 0 Å². The average Bonchev–Trinajstić information content (AvgIpc) is 2.99. The number of carbonyl (C=O) groups excluding carboxylic acids is 1. The van der Waals surface area contributed by atoms with Gasteiger partial charge < -0.3 is 15.0 Å². The molecule has 0 spiro atoms. The van der Waals surface area contributed by atoms with Gasteiger partial charge in [-0.1, -0.05) is 13.8 Å². The summed E-state index contributed by atoms with van der Waals surface area (Å²) in [6.45, 7) is 3.89. The molecule has 2 rings (SSSR count). The fraction of sp³-hybridized carbons (Fsp3) is 0.562. The standard InChI is InChI=1S/C16H23N5O5/c1-9(2)7-10(15(24)25)18-11(22)5-6-21-8-17-13-12(21)14(23)20(4)16(26)19(13)3/h8-10H,5-7H2,1-4H3,(H,18,22)(H,24,25). The maximum absolute atomic E-state index is 12.3. The van der Waals surface area contributed by atoms with Gasteiger partial charge in [-0.3, -0.25) is 18.7 Å². The fourth-order valence-corrected chi connectivity index (χ4v) is 2.75. The maximum atomic E-state index is 12.3. The normalized spacial score (nSPS) is 12.5. The van der Waals surface area contributed by atoms with E-state index in [4.69, 9.17) is 0 Å². The number of hydrogen-bond acceptors (Lipinski definition) is 5. The lowest BCUT2D eigenvalue weighted by molar-refractivity contribution is -0.142. The summed E-state index contributed by atoms with van der Waals surface area (Å²) in [4.78, 5) is 51.6. The van der Waals surface area contributed by atoms with E-state index in [1.54, 1.807) is 0 Å². The Bertz CT molecular complexity index is 952. The molecule has 26 heavy (non-hydrogen) atoms. The van der Waals surface area contributed by atoms with E-state index in [2.05, 4.69) is 10.3 Å². The molecule has 0 bridgehead atoms. The van der Waals surface area contributed by atoms with Gasteiger partial charge in [-0.2, -0.15) is 0 Å². The van der Waals surface area contributed by atoms with Gasteiger partial charge in [-0.15, -0.1) is 0 Å². The molecular weight excluding hydrogens is 342 g/mol. The van der Waals surface area contributed by atoms with Gasteiger partial charge in [0.1, 0.15) is 6.04 Å². The molecule has 1 atom stereocenters. The lowest BCUT2D eigenvalue weighted by Gasteiger charge is -2.16. The van der Waals surface area contributed by atoms with Gasteiger partial charge in [0.05, 0.1) is 6.33 Å². The van der Waals surface area contributed by atoms with E-state index in [9.17, 15) is 24.3 Å². The highest BCUT2D eigenvalue weighted by atomic mass is 16.4. The van der Waals surface area contributed by atoms with E-state index in [0.717, 1.165) is 4.57 Å². The number of carboxylic acid groups (broad SMARTS) is 1. The molecule has 142 valence electrons. The first-order valence-electron chi connectivity index (χ1n) is 8.26. The maximum Gasteiger partial charge on any atom is 0.332 e. The summed E-state index contributed by atoms with van der Waals surface area (Å²) in [7, 11) is 2.88. The van der Waals surface area contributed by atoms with Crippen molar-refractivity contribution in [1.29, 1.82) is 0 Å². The molecule has 0 aliphatic carbocycles. The molecule has 2 aromatic rings. The largest absolute Gasteiger partial charge is 0.480 e. The van der Waals surface area contributed by atoms with E-state index in [-0.39, 0.29) is 30.0 Å². The van der Waals surface area contributed by atoms with Crippen LogP contribution < -0.4 is 16.6 Å². The highest BCUT2D eigenvalue weighted by Gasteiger charge is 2.21. The van der Waals surface area contributed by atoms with Crippen molar-refractivity contribution in [2.75, 3.05) is 0 Å². The van der Waals surface area contributed by atoms with Gasteiger partial charge >= 0.3 is 11.7 Å². The lowest BCUT2D eigenvalue weighted by atomic mass is 10.0. The van der Waals surface area contributed by atoms with Crippen molar-refractivity contribution in [1.82, 2.24) is 24.0 Å². The number of carbonyl (C=O) groups is 2. The number of aryl methyl sites for hydroxylation is 2. The molecule has 1 amide bonds. The molecule has 2 N–H and O–H groups in total. The molecule has 0 saturated heterocycles. The zero-order valence-corrected chi connectivity index (χ0v) is 15.2. The van der Waals surface area contributed by atoms with Crippen LogP contribution in [-0.4, -0.2) is 41.7 Å². The number of aromatic nitrogens is 4. The van der Waals surface area contributed by atoms with Gasteiger partial charge in [-0.05, 0) is 12.3 Å². The number of imidazole rings is 1. The van der Waals surface area contributed by atoms with Crippen molar-refractivity contribution < 1.29 is 14.7 Å². The topological polar surface area (TPSA) is 128 Å². The molecule has 0 radical (unpaired) electrons. The van der Waals surface area contributed by atoms with Crippen molar-refractivity contribution >= 4 is 23.0 Å². The van der Waals surface area contributed by atoms with E-state index >= 15 is 0 Å². The van der Waals surface area contributed by atoms with Crippen molar-refractivity contribution in [3.05, 3.63) is 27.2 Å². The number of fused-ring (bicyclic) bond motifs is 1. The highest BCUT2D eigenvalue weighted by Crippen LogP contribution is 2.08. The second kappa shape index (κ2) is 7.54. The first-order valence-corrected chi connectivity index (χ1v) is 8.26. The minimum atomic E-state index is -1.08. The van der Waals surface area contributed by atoms with Crippen LogP contribution >= 0.6 is 0 Å². The summed E-state index contributed by atoms with van der Waals surface area (Å²) in [5, 5.41) is 11.7. The summed E-state index contributed by atoms with van der Waals surface area (Å²) < 4.78 is 3.73. The Kier molecular flexibility index (Phi) is 5.63. The zero-order valence-electron chi connectivity index (χ0n) is 15.2. The summed E-state index contributed by atoms with van der Waals surface area (Å²) in [5.41, 5.74) is -0.520. The van der Waals surface area contributed by atoms with E-state index in [1.807, 2.05) is 13.8 Å². The first-order chi connectivity index (χ1) is 12.1. The Labute approximate surface area is 149 Å². The van der Waals surface area contributed by atoms with Crippen LogP contribution in [0.1, 0.15) is 26.7 Å². The Morgan fingerprint density at radius 2 is 1.88 bits per heavy atom. The van der Waals surface area contributed by atoms with Crippen LogP contribution in [0.2, 0.25) is 0 Å². The number of carboxylic acids is 1. The van der Waals surface area contributed by atoms with E-state index in [0.29, 0.717) is 6.42 Å². The number of amides is 1. The summed E-state index contributed by atoms with van der Waals surface area (Å²) in [6, 6.07) is -0.948. The van der Waals surface area contributed by atoms with Gasteiger partial charge in [0.25, 0.3) is 5.56 Å². The third-order valence-electron chi connectivity index (χ3n) is 4.14. The molecule has 2 aromatic heterocycles. The molecule has 0 saturated carbocycles. The molecule has 10 heteroatoms. The van der Waals surface area contributed by atoms with Crippen LogP contribution in [0.25, 0.3) is 11.2 Å². The van der Waals surface area contributed by atoms with Crippen LogP contribution in [0.15, 0.2) is 15.9 Å². The molecule has 0 aromatic carbocycles. The molecule has 0 aliphatic rings. The summed E-state index contributed by atoms with van der Waals surface area (Å²) in [5.74, 6) is -1.39. The first kappa shape index (κ1) is 19.4. The Morgan fingerprint density at radius 1 is 1.23 bits per heavy atom. The highest BCUT2D eigenvalue weighted by molar-refractivity contribution is 5.83. The van der Waals surface area contributed by atoms with Crippen LogP contribution in [0.3, 0.4) is 0 Å². The predicted octanol–water partition coefficient (Wildman–Crippen LogP) is -0.561. The zero-order chi connectivity index (χ0) is 19.6. The predicted molar refractivity (Wildman–Crippen MR) is 93.9 cm³/mol.